The van der Waals surface area contributed by atoms with Crippen LogP contribution in [0.2, 0.25) is 0 Å². The minimum Gasteiger partial charge on any atom is -0.207 e. The van der Waals surface area contributed by atoms with Crippen LogP contribution in [-0.2, 0) is 5.75 Å². The van der Waals surface area contributed by atoms with E-state index in [0.29, 0.717) is 0 Å². The fourth-order valence-electron chi connectivity index (χ4n) is 0.893. The molecule has 0 saturated heterocycles. The highest BCUT2D eigenvalue weighted by molar-refractivity contribution is 7.97. The van der Waals surface area contributed by atoms with E-state index in [1.54, 1.807) is 24.8 Å². The molecule has 1 rings (SSSR count). The van der Waals surface area contributed by atoms with Gasteiger partial charge in [-0.2, -0.15) is 11.8 Å². The van der Waals surface area contributed by atoms with Crippen LogP contribution in [0.3, 0.4) is 0 Å². The Kier molecular flexibility index (Phi) is 2.94. The topological polar surface area (TPSA) is 0 Å². The van der Waals surface area contributed by atoms with Gasteiger partial charge in [0.05, 0.1) is 0 Å². The monoisotopic (exact) mass is 170 g/mol. The SMILES string of the molecule is CSCc1ccc(C)c(F)c1. The van der Waals surface area contributed by atoms with Crippen LogP contribution >= 0.6 is 11.8 Å². The van der Waals surface area contributed by atoms with Crippen LogP contribution in [0.25, 0.3) is 0 Å². The van der Waals surface area contributed by atoms with E-state index in [0.717, 1.165) is 16.9 Å². The molecule has 0 nitrogen and oxygen atoms in total. The quantitative estimate of drug-likeness (QED) is 0.657. The van der Waals surface area contributed by atoms with Crippen LogP contribution in [0.5, 0.6) is 0 Å². The first-order chi connectivity index (χ1) is 5.24. The van der Waals surface area contributed by atoms with Crippen molar-refractivity contribution in [3.8, 4) is 0 Å². The second kappa shape index (κ2) is 3.77. The highest BCUT2D eigenvalue weighted by Crippen LogP contribution is 2.13. The van der Waals surface area contributed by atoms with Gasteiger partial charge in [-0.1, -0.05) is 12.1 Å². The fourth-order valence-corrected chi connectivity index (χ4v) is 1.41. The van der Waals surface area contributed by atoms with Gasteiger partial charge in [0.25, 0.3) is 0 Å². The second-order valence-corrected chi connectivity index (χ2v) is 3.38. The van der Waals surface area contributed by atoms with E-state index in [1.807, 2.05) is 18.4 Å². The van der Waals surface area contributed by atoms with E-state index in [9.17, 15) is 4.39 Å². The summed E-state index contributed by atoms with van der Waals surface area (Å²) in [6, 6.07) is 5.39. The van der Waals surface area contributed by atoms with E-state index in [4.69, 9.17) is 0 Å². The Morgan fingerprint density at radius 3 is 2.73 bits per heavy atom. The molecular formula is C9H11FS. The lowest BCUT2D eigenvalue weighted by molar-refractivity contribution is 0.617. The molecular weight excluding hydrogens is 159 g/mol. The third kappa shape index (κ3) is 2.22. The summed E-state index contributed by atoms with van der Waals surface area (Å²) < 4.78 is 12.9. The number of hydrogen-bond donors (Lipinski definition) is 0. The Morgan fingerprint density at radius 1 is 1.45 bits per heavy atom. The van der Waals surface area contributed by atoms with Crippen LogP contribution in [0.1, 0.15) is 11.1 Å². The van der Waals surface area contributed by atoms with Crippen molar-refractivity contribution >= 4 is 11.8 Å². The van der Waals surface area contributed by atoms with Gasteiger partial charge in [-0.3, -0.25) is 0 Å². The first-order valence-corrected chi connectivity index (χ1v) is 4.87. The molecule has 0 N–H and O–H groups in total. The van der Waals surface area contributed by atoms with Crippen molar-refractivity contribution in [2.75, 3.05) is 6.26 Å². The summed E-state index contributed by atoms with van der Waals surface area (Å²) in [5, 5.41) is 0. The molecule has 2 heteroatoms. The minimum absolute atomic E-state index is 0.100. The molecule has 0 aliphatic carbocycles. The molecule has 11 heavy (non-hydrogen) atoms. The number of rotatable bonds is 2. The predicted octanol–water partition coefficient (Wildman–Crippen LogP) is 3.00. The summed E-state index contributed by atoms with van der Waals surface area (Å²) >= 11 is 1.70. The smallest absolute Gasteiger partial charge is 0.126 e. The first-order valence-electron chi connectivity index (χ1n) is 3.48. The molecule has 0 bridgehead atoms. The van der Waals surface area contributed by atoms with Crippen LogP contribution in [0.15, 0.2) is 18.2 Å². The number of aryl methyl sites for hydroxylation is 1. The predicted molar refractivity (Wildman–Crippen MR) is 48.4 cm³/mol. The molecule has 60 valence electrons. The molecule has 0 heterocycles. The van der Waals surface area contributed by atoms with Crippen molar-refractivity contribution in [3.63, 3.8) is 0 Å². The van der Waals surface area contributed by atoms with Gasteiger partial charge in [0.1, 0.15) is 5.82 Å². The van der Waals surface area contributed by atoms with Crippen molar-refractivity contribution in [3.05, 3.63) is 35.1 Å². The average molecular weight is 170 g/mol. The van der Waals surface area contributed by atoms with E-state index >= 15 is 0 Å². The number of hydrogen-bond acceptors (Lipinski definition) is 1. The van der Waals surface area contributed by atoms with Crippen LogP contribution < -0.4 is 0 Å². The van der Waals surface area contributed by atoms with Gasteiger partial charge in [-0.15, -0.1) is 0 Å². The Hall–Kier alpha value is -0.500. The zero-order valence-electron chi connectivity index (χ0n) is 6.73. The van der Waals surface area contributed by atoms with E-state index in [2.05, 4.69) is 0 Å². The normalized spacial score (nSPS) is 10.1. The lowest BCUT2D eigenvalue weighted by atomic mass is 10.2. The molecule has 0 atom stereocenters. The van der Waals surface area contributed by atoms with Gasteiger partial charge in [-0.05, 0) is 30.4 Å². The number of benzene rings is 1. The zero-order chi connectivity index (χ0) is 8.27. The molecule has 0 aliphatic rings. The second-order valence-electron chi connectivity index (χ2n) is 2.52. The summed E-state index contributed by atoms with van der Waals surface area (Å²) in [4.78, 5) is 0. The Bertz CT molecular complexity index is 245. The molecule has 0 aromatic heterocycles. The standard InChI is InChI=1S/C9H11FS/c1-7-3-4-8(6-11-2)5-9(7)10/h3-5H,6H2,1-2H3. The summed E-state index contributed by atoms with van der Waals surface area (Å²) in [6.45, 7) is 1.78. The molecule has 0 saturated carbocycles. The third-order valence-corrected chi connectivity index (χ3v) is 2.17. The van der Waals surface area contributed by atoms with Gasteiger partial charge in [0.2, 0.25) is 0 Å². The van der Waals surface area contributed by atoms with E-state index < -0.39 is 0 Å². The maximum Gasteiger partial charge on any atom is 0.126 e. The van der Waals surface area contributed by atoms with E-state index in [-0.39, 0.29) is 5.82 Å². The fraction of sp³-hybridized carbons (Fsp3) is 0.333. The Balaban J connectivity index is 2.86. The summed E-state index contributed by atoms with van der Waals surface area (Å²) in [6.07, 6.45) is 2.01. The van der Waals surface area contributed by atoms with Gasteiger partial charge < -0.3 is 0 Å². The Labute approximate surface area is 70.8 Å². The molecule has 0 aliphatic heterocycles. The van der Waals surface area contributed by atoms with Crippen molar-refractivity contribution in [2.24, 2.45) is 0 Å². The highest BCUT2D eigenvalue weighted by Gasteiger charge is 1.97. The zero-order valence-corrected chi connectivity index (χ0v) is 7.54. The van der Waals surface area contributed by atoms with Crippen molar-refractivity contribution in [1.82, 2.24) is 0 Å². The third-order valence-electron chi connectivity index (χ3n) is 1.55. The van der Waals surface area contributed by atoms with Crippen molar-refractivity contribution in [2.45, 2.75) is 12.7 Å². The molecule has 0 radical (unpaired) electrons. The highest BCUT2D eigenvalue weighted by atomic mass is 32.2. The molecule has 0 fully saturated rings. The lowest BCUT2D eigenvalue weighted by Crippen LogP contribution is -1.85. The van der Waals surface area contributed by atoms with Gasteiger partial charge in [0, 0.05) is 5.75 Å². The Morgan fingerprint density at radius 2 is 2.18 bits per heavy atom. The van der Waals surface area contributed by atoms with Crippen molar-refractivity contribution in [1.29, 1.82) is 0 Å². The van der Waals surface area contributed by atoms with Crippen molar-refractivity contribution < 1.29 is 4.39 Å². The maximum atomic E-state index is 12.9. The largest absolute Gasteiger partial charge is 0.207 e. The minimum atomic E-state index is -0.100. The van der Waals surface area contributed by atoms with Crippen LogP contribution in [0, 0.1) is 12.7 Å². The molecule has 1 aromatic rings. The van der Waals surface area contributed by atoms with Gasteiger partial charge >= 0.3 is 0 Å². The van der Waals surface area contributed by atoms with E-state index in [1.165, 1.54) is 0 Å². The van der Waals surface area contributed by atoms with Crippen LogP contribution in [0.4, 0.5) is 4.39 Å². The molecule has 1 aromatic carbocycles. The number of halogens is 1. The first kappa shape index (κ1) is 8.60. The van der Waals surface area contributed by atoms with Crippen LogP contribution in [-0.4, -0.2) is 6.26 Å². The summed E-state index contributed by atoms with van der Waals surface area (Å²) in [7, 11) is 0. The summed E-state index contributed by atoms with van der Waals surface area (Å²) in [5.41, 5.74) is 1.77. The maximum absolute atomic E-state index is 12.9. The summed E-state index contributed by atoms with van der Waals surface area (Å²) in [5.74, 6) is 0.786. The molecule has 0 spiro atoms. The molecule has 0 amide bonds. The average Bonchev–Trinajstić information content (AvgIpc) is 1.98. The lowest BCUT2D eigenvalue weighted by Gasteiger charge is -1.99. The number of thioether (sulfide) groups is 1. The molecule has 0 unspecified atom stereocenters. The van der Waals surface area contributed by atoms with Gasteiger partial charge in [0.15, 0.2) is 0 Å². The van der Waals surface area contributed by atoms with Gasteiger partial charge in [-0.25, -0.2) is 4.39 Å².